The Morgan fingerprint density at radius 2 is 1.96 bits per heavy atom. The van der Waals surface area contributed by atoms with Gasteiger partial charge in [0.25, 0.3) is 5.91 Å². The van der Waals surface area contributed by atoms with E-state index in [1.165, 1.54) is 18.3 Å². The molecule has 3 aromatic rings. The van der Waals surface area contributed by atoms with E-state index in [4.69, 9.17) is 9.26 Å². The lowest BCUT2D eigenvalue weighted by molar-refractivity contribution is -0.123. The van der Waals surface area contributed by atoms with E-state index >= 15 is 0 Å². The van der Waals surface area contributed by atoms with Crippen molar-refractivity contribution < 1.29 is 18.8 Å². The third kappa shape index (κ3) is 3.97. The second-order valence-electron chi connectivity index (χ2n) is 5.64. The third-order valence-electron chi connectivity index (χ3n) is 3.50. The minimum Gasteiger partial charge on any atom is -0.448 e. The van der Waals surface area contributed by atoms with Crippen LogP contribution < -0.4 is 5.32 Å². The molecule has 0 unspecified atom stereocenters. The first-order valence-corrected chi connectivity index (χ1v) is 8.73. The molecular weight excluding hydrogens is 354 g/mol. The lowest BCUT2D eigenvalue weighted by atomic mass is 10.1. The van der Waals surface area contributed by atoms with Crippen molar-refractivity contribution in [2.75, 3.05) is 5.32 Å². The molecule has 0 spiro atoms. The number of carbonyl (C=O) groups excluding carboxylic acids is 2. The normalized spacial score (nSPS) is 11.8. The summed E-state index contributed by atoms with van der Waals surface area (Å²) in [6.07, 6.45) is -0.995. The van der Waals surface area contributed by atoms with Crippen molar-refractivity contribution in [2.45, 2.75) is 26.9 Å². The van der Waals surface area contributed by atoms with Crippen LogP contribution in [-0.2, 0) is 9.53 Å². The maximum atomic E-state index is 12.6. The van der Waals surface area contributed by atoms with Gasteiger partial charge in [0, 0.05) is 11.6 Å². The van der Waals surface area contributed by atoms with Gasteiger partial charge in [-0.25, -0.2) is 9.78 Å². The van der Waals surface area contributed by atoms with Gasteiger partial charge in [-0.1, -0.05) is 35.5 Å². The smallest absolute Gasteiger partial charge is 0.351 e. The van der Waals surface area contributed by atoms with Crippen LogP contribution in [-0.4, -0.2) is 28.1 Å². The van der Waals surface area contributed by atoms with Crippen LogP contribution in [0.3, 0.4) is 0 Å². The molecule has 1 atom stereocenters. The fourth-order valence-corrected chi connectivity index (χ4v) is 3.10. The quantitative estimate of drug-likeness (QED) is 0.689. The largest absolute Gasteiger partial charge is 0.448 e. The number of hydrogen-bond acceptors (Lipinski definition) is 7. The molecule has 1 N–H and O–H groups in total. The summed E-state index contributed by atoms with van der Waals surface area (Å²) < 4.78 is 10.2. The Hall–Kier alpha value is -3.00. The molecule has 2 heterocycles. The zero-order valence-electron chi connectivity index (χ0n) is 14.5. The van der Waals surface area contributed by atoms with Crippen molar-refractivity contribution in [3.63, 3.8) is 0 Å². The molecule has 134 valence electrons. The summed E-state index contributed by atoms with van der Waals surface area (Å²) in [6, 6.07) is 10.9. The molecular formula is C18H17N3O4S. The maximum Gasteiger partial charge on any atom is 0.351 e. The standard InChI is InChI=1S/C18H17N3O4S/c1-10-9-14(21-25-10)20-17(22)11(2)24-18(23)16-15(19-12(3)26-16)13-7-5-4-6-8-13/h4-9,11H,1-3H3,(H,20,21,22)/t11-/m1/s1. The fourth-order valence-electron chi connectivity index (χ4n) is 2.28. The summed E-state index contributed by atoms with van der Waals surface area (Å²) >= 11 is 1.23. The number of aryl methyl sites for hydroxylation is 2. The van der Waals surface area contributed by atoms with Gasteiger partial charge >= 0.3 is 5.97 Å². The monoisotopic (exact) mass is 371 g/mol. The molecule has 8 heteroatoms. The van der Waals surface area contributed by atoms with Gasteiger partial charge in [-0.05, 0) is 20.8 Å². The highest BCUT2D eigenvalue weighted by Crippen LogP contribution is 2.28. The van der Waals surface area contributed by atoms with Crippen molar-refractivity contribution in [2.24, 2.45) is 0 Å². The molecule has 0 aliphatic rings. The van der Waals surface area contributed by atoms with Crippen LogP contribution in [0.2, 0.25) is 0 Å². The van der Waals surface area contributed by atoms with Gasteiger partial charge in [-0.3, -0.25) is 4.79 Å². The highest BCUT2D eigenvalue weighted by atomic mass is 32.1. The number of anilines is 1. The molecule has 1 amide bonds. The predicted octanol–water partition coefficient (Wildman–Crippen LogP) is 3.60. The summed E-state index contributed by atoms with van der Waals surface area (Å²) in [4.78, 5) is 29.5. The van der Waals surface area contributed by atoms with E-state index in [-0.39, 0.29) is 5.82 Å². The number of benzene rings is 1. The van der Waals surface area contributed by atoms with Gasteiger partial charge in [0.2, 0.25) is 0 Å². The molecule has 2 aromatic heterocycles. The molecule has 7 nitrogen and oxygen atoms in total. The Labute approximate surface area is 154 Å². The van der Waals surface area contributed by atoms with E-state index in [2.05, 4.69) is 15.5 Å². The van der Waals surface area contributed by atoms with Crippen LogP contribution in [0.4, 0.5) is 5.82 Å². The number of ether oxygens (including phenoxy) is 1. The van der Waals surface area contributed by atoms with Crippen molar-refractivity contribution in [3.05, 3.63) is 52.0 Å². The summed E-state index contributed by atoms with van der Waals surface area (Å²) in [5.74, 6) is -0.242. The molecule has 26 heavy (non-hydrogen) atoms. The number of esters is 1. The van der Waals surface area contributed by atoms with Crippen molar-refractivity contribution in [1.82, 2.24) is 10.1 Å². The highest BCUT2D eigenvalue weighted by Gasteiger charge is 2.24. The first kappa shape index (κ1) is 17.8. The number of nitrogens with one attached hydrogen (secondary N) is 1. The minimum atomic E-state index is -0.995. The van der Waals surface area contributed by atoms with Crippen molar-refractivity contribution in [3.8, 4) is 11.3 Å². The van der Waals surface area contributed by atoms with Gasteiger partial charge in [0.05, 0.1) is 10.7 Å². The number of aromatic nitrogens is 2. The van der Waals surface area contributed by atoms with Gasteiger partial charge in [0.15, 0.2) is 11.9 Å². The Balaban J connectivity index is 1.73. The molecule has 3 rings (SSSR count). The van der Waals surface area contributed by atoms with Gasteiger partial charge in [-0.15, -0.1) is 11.3 Å². The number of thiazole rings is 1. The first-order valence-electron chi connectivity index (χ1n) is 7.92. The van der Waals surface area contributed by atoms with Crippen LogP contribution in [0, 0.1) is 13.8 Å². The maximum absolute atomic E-state index is 12.6. The Bertz CT molecular complexity index is 933. The van der Waals surface area contributed by atoms with Crippen LogP contribution in [0.25, 0.3) is 11.3 Å². The average Bonchev–Trinajstić information content (AvgIpc) is 3.21. The van der Waals surface area contributed by atoms with E-state index in [9.17, 15) is 9.59 Å². The van der Waals surface area contributed by atoms with Crippen molar-refractivity contribution >= 4 is 29.0 Å². The fraction of sp³-hybridized carbons (Fsp3) is 0.222. The SMILES string of the molecule is Cc1cc(NC(=O)[C@@H](C)OC(=O)c2sc(C)nc2-c2ccccc2)no1. The van der Waals surface area contributed by atoms with E-state index < -0.39 is 18.0 Å². The molecule has 0 fully saturated rings. The zero-order valence-corrected chi connectivity index (χ0v) is 15.3. The summed E-state index contributed by atoms with van der Waals surface area (Å²) in [5, 5.41) is 6.96. The van der Waals surface area contributed by atoms with E-state index in [1.807, 2.05) is 37.3 Å². The molecule has 0 saturated heterocycles. The molecule has 0 aliphatic carbocycles. The van der Waals surface area contributed by atoms with Crippen molar-refractivity contribution in [1.29, 1.82) is 0 Å². The molecule has 0 bridgehead atoms. The van der Waals surface area contributed by atoms with E-state index in [0.29, 0.717) is 16.3 Å². The van der Waals surface area contributed by atoms with E-state index in [0.717, 1.165) is 10.6 Å². The molecule has 0 saturated carbocycles. The molecule has 1 aromatic carbocycles. The Morgan fingerprint density at radius 1 is 1.23 bits per heavy atom. The Morgan fingerprint density at radius 3 is 2.62 bits per heavy atom. The summed E-state index contributed by atoms with van der Waals surface area (Å²) in [6.45, 7) is 5.02. The Kier molecular flexibility index (Phi) is 5.13. The third-order valence-corrected chi connectivity index (χ3v) is 4.45. The highest BCUT2D eigenvalue weighted by molar-refractivity contribution is 7.14. The average molecular weight is 371 g/mol. The number of rotatable bonds is 5. The lowest BCUT2D eigenvalue weighted by Crippen LogP contribution is -2.30. The second-order valence-corrected chi connectivity index (χ2v) is 6.84. The van der Waals surface area contributed by atoms with Gasteiger partial charge < -0.3 is 14.6 Å². The number of nitrogens with zero attached hydrogens (tertiary/aromatic N) is 2. The van der Waals surface area contributed by atoms with Crippen LogP contribution in [0.15, 0.2) is 40.9 Å². The van der Waals surface area contributed by atoms with Gasteiger partial charge in [-0.2, -0.15) is 0 Å². The van der Waals surface area contributed by atoms with E-state index in [1.54, 1.807) is 13.0 Å². The number of hydrogen-bond donors (Lipinski definition) is 1. The van der Waals surface area contributed by atoms with Crippen LogP contribution >= 0.6 is 11.3 Å². The first-order chi connectivity index (χ1) is 12.4. The summed E-state index contributed by atoms with van der Waals surface area (Å²) in [7, 11) is 0. The predicted molar refractivity (Wildman–Crippen MR) is 97.0 cm³/mol. The van der Waals surface area contributed by atoms with Crippen LogP contribution in [0.1, 0.15) is 27.4 Å². The number of carbonyl (C=O) groups is 2. The molecule has 0 aliphatic heterocycles. The molecule has 0 radical (unpaired) electrons. The lowest BCUT2D eigenvalue weighted by Gasteiger charge is -2.12. The van der Waals surface area contributed by atoms with Gasteiger partial charge in [0.1, 0.15) is 10.6 Å². The zero-order chi connectivity index (χ0) is 18.7. The second kappa shape index (κ2) is 7.49. The minimum absolute atomic E-state index is 0.272. The van der Waals surface area contributed by atoms with Crippen LogP contribution in [0.5, 0.6) is 0 Å². The number of amides is 1. The topological polar surface area (TPSA) is 94.3 Å². The summed E-state index contributed by atoms with van der Waals surface area (Å²) in [5.41, 5.74) is 1.37.